The number of primary amides is 1. The van der Waals surface area contributed by atoms with Crippen molar-refractivity contribution < 1.29 is 9.59 Å². The van der Waals surface area contributed by atoms with Crippen LogP contribution in [0.2, 0.25) is 0 Å². The summed E-state index contributed by atoms with van der Waals surface area (Å²) < 4.78 is 0. The van der Waals surface area contributed by atoms with E-state index in [0.29, 0.717) is 24.3 Å². The molecule has 20 heavy (non-hydrogen) atoms. The second kappa shape index (κ2) is 5.81. The van der Waals surface area contributed by atoms with Crippen LogP contribution in [-0.2, 0) is 4.79 Å². The third-order valence-electron chi connectivity index (χ3n) is 3.56. The Balaban J connectivity index is 2.14. The Morgan fingerprint density at radius 2 is 2.20 bits per heavy atom. The number of hydrogen-bond donors (Lipinski definition) is 3. The number of nitrogens with two attached hydrogens (primary N) is 2. The van der Waals surface area contributed by atoms with Crippen molar-refractivity contribution in [1.29, 1.82) is 0 Å². The van der Waals surface area contributed by atoms with Gasteiger partial charge in [-0.25, -0.2) is 0 Å². The molecule has 0 spiro atoms. The van der Waals surface area contributed by atoms with E-state index in [1.54, 1.807) is 12.1 Å². The number of nitrogens with one attached hydrogen (secondary N) is 1. The molecule has 1 heterocycles. The minimum Gasteiger partial charge on any atom is -0.397 e. The summed E-state index contributed by atoms with van der Waals surface area (Å²) in [4.78, 5) is 25.0. The van der Waals surface area contributed by atoms with E-state index in [-0.39, 0.29) is 17.7 Å². The van der Waals surface area contributed by atoms with Crippen molar-refractivity contribution in [3.8, 4) is 0 Å². The summed E-state index contributed by atoms with van der Waals surface area (Å²) in [6.07, 6.45) is 0.743. The van der Waals surface area contributed by atoms with E-state index in [1.165, 1.54) is 0 Å². The first kappa shape index (κ1) is 14.2. The Kier molecular flexibility index (Phi) is 4.12. The van der Waals surface area contributed by atoms with Gasteiger partial charge in [0.15, 0.2) is 0 Å². The van der Waals surface area contributed by atoms with E-state index in [2.05, 4.69) is 5.32 Å². The highest BCUT2D eigenvalue weighted by molar-refractivity contribution is 5.96. The molecule has 1 aliphatic heterocycles. The van der Waals surface area contributed by atoms with Crippen molar-refractivity contribution >= 4 is 23.2 Å². The Labute approximate surface area is 118 Å². The molecule has 6 heteroatoms. The fourth-order valence-electron chi connectivity index (χ4n) is 2.46. The maximum Gasteiger partial charge on any atom is 0.251 e. The first-order valence-electron chi connectivity index (χ1n) is 6.75. The number of amides is 2. The number of carbonyl (C=O) groups is 2. The molecule has 0 radical (unpaired) electrons. The zero-order valence-electron chi connectivity index (χ0n) is 11.6. The van der Waals surface area contributed by atoms with Crippen LogP contribution in [0, 0.1) is 5.92 Å². The molecule has 0 aliphatic carbocycles. The summed E-state index contributed by atoms with van der Waals surface area (Å²) in [5.41, 5.74) is 13.3. The van der Waals surface area contributed by atoms with E-state index in [0.717, 1.165) is 18.7 Å². The van der Waals surface area contributed by atoms with Crippen LogP contribution >= 0.6 is 0 Å². The van der Waals surface area contributed by atoms with E-state index in [1.807, 2.05) is 17.9 Å². The van der Waals surface area contributed by atoms with E-state index in [4.69, 9.17) is 11.5 Å². The van der Waals surface area contributed by atoms with Gasteiger partial charge in [-0.2, -0.15) is 0 Å². The Bertz CT molecular complexity index is 530. The molecular weight excluding hydrogens is 256 g/mol. The van der Waals surface area contributed by atoms with Crippen LogP contribution in [0.4, 0.5) is 11.4 Å². The van der Waals surface area contributed by atoms with Crippen molar-refractivity contribution in [3.05, 3.63) is 23.8 Å². The molecule has 1 aliphatic rings. The summed E-state index contributed by atoms with van der Waals surface area (Å²) in [6.45, 7) is 3.77. The van der Waals surface area contributed by atoms with Gasteiger partial charge >= 0.3 is 0 Å². The van der Waals surface area contributed by atoms with Crippen LogP contribution < -0.4 is 21.7 Å². The summed E-state index contributed by atoms with van der Waals surface area (Å²) in [6, 6.07) is 5.23. The fraction of sp³-hybridized carbons (Fsp3) is 0.429. The highest BCUT2D eigenvalue weighted by Gasteiger charge is 2.27. The standard InChI is InChI=1S/C14H20N4O2/c1-2-17-14(20)9-3-4-12(11(15)7-9)18-6-5-10(8-18)13(16)19/h3-4,7,10H,2,5-6,8,15H2,1H3,(H2,16,19)(H,17,20). The van der Waals surface area contributed by atoms with Gasteiger partial charge in [0.2, 0.25) is 5.91 Å². The van der Waals surface area contributed by atoms with Crippen molar-refractivity contribution in [2.45, 2.75) is 13.3 Å². The second-order valence-corrected chi connectivity index (χ2v) is 4.97. The highest BCUT2D eigenvalue weighted by Crippen LogP contribution is 2.29. The molecule has 0 bridgehead atoms. The molecule has 5 N–H and O–H groups in total. The van der Waals surface area contributed by atoms with Crippen LogP contribution in [0.1, 0.15) is 23.7 Å². The fourth-order valence-corrected chi connectivity index (χ4v) is 2.46. The highest BCUT2D eigenvalue weighted by atomic mass is 16.2. The molecule has 1 unspecified atom stereocenters. The lowest BCUT2D eigenvalue weighted by Gasteiger charge is -2.20. The van der Waals surface area contributed by atoms with Gasteiger partial charge in [0, 0.05) is 25.2 Å². The smallest absolute Gasteiger partial charge is 0.251 e. The SMILES string of the molecule is CCNC(=O)c1ccc(N2CCC(C(N)=O)C2)c(N)c1. The minimum absolute atomic E-state index is 0.127. The average Bonchev–Trinajstić information content (AvgIpc) is 2.88. The van der Waals surface area contributed by atoms with Crippen LogP contribution in [0.25, 0.3) is 0 Å². The van der Waals surface area contributed by atoms with Gasteiger partial charge in [-0.05, 0) is 31.5 Å². The van der Waals surface area contributed by atoms with E-state index in [9.17, 15) is 9.59 Å². The van der Waals surface area contributed by atoms with Crippen molar-refractivity contribution in [1.82, 2.24) is 5.32 Å². The van der Waals surface area contributed by atoms with E-state index < -0.39 is 0 Å². The number of benzene rings is 1. The third-order valence-corrected chi connectivity index (χ3v) is 3.56. The van der Waals surface area contributed by atoms with Gasteiger partial charge in [0.1, 0.15) is 0 Å². The van der Waals surface area contributed by atoms with Crippen LogP contribution in [0.15, 0.2) is 18.2 Å². The van der Waals surface area contributed by atoms with Crippen LogP contribution in [-0.4, -0.2) is 31.4 Å². The maximum absolute atomic E-state index is 11.7. The molecule has 0 aromatic heterocycles. The predicted octanol–water partition coefficient (Wildman–Crippen LogP) is 0.330. The lowest BCUT2D eigenvalue weighted by atomic mass is 10.1. The van der Waals surface area contributed by atoms with E-state index >= 15 is 0 Å². The lowest BCUT2D eigenvalue weighted by molar-refractivity contribution is -0.121. The number of anilines is 2. The first-order valence-corrected chi connectivity index (χ1v) is 6.75. The van der Waals surface area contributed by atoms with Crippen molar-refractivity contribution in [2.75, 3.05) is 30.3 Å². The Hall–Kier alpha value is -2.24. The summed E-state index contributed by atoms with van der Waals surface area (Å²) in [5, 5.41) is 2.73. The van der Waals surface area contributed by atoms with Gasteiger partial charge in [-0.1, -0.05) is 0 Å². The molecule has 2 amide bonds. The van der Waals surface area contributed by atoms with Gasteiger partial charge in [0.05, 0.1) is 17.3 Å². The Morgan fingerprint density at radius 3 is 2.75 bits per heavy atom. The zero-order chi connectivity index (χ0) is 14.7. The maximum atomic E-state index is 11.7. The monoisotopic (exact) mass is 276 g/mol. The second-order valence-electron chi connectivity index (χ2n) is 4.97. The van der Waals surface area contributed by atoms with Crippen molar-refractivity contribution in [2.24, 2.45) is 11.7 Å². The average molecular weight is 276 g/mol. The van der Waals surface area contributed by atoms with Gasteiger partial charge in [-0.15, -0.1) is 0 Å². The van der Waals surface area contributed by atoms with Crippen LogP contribution in [0.3, 0.4) is 0 Å². The minimum atomic E-state index is -0.273. The first-order chi connectivity index (χ1) is 9.52. The normalized spacial score (nSPS) is 18.1. The molecule has 1 atom stereocenters. The van der Waals surface area contributed by atoms with Gasteiger partial charge in [-0.3, -0.25) is 9.59 Å². The number of nitrogen functional groups attached to an aromatic ring is 1. The van der Waals surface area contributed by atoms with Gasteiger partial charge < -0.3 is 21.7 Å². The summed E-state index contributed by atoms with van der Waals surface area (Å²) in [7, 11) is 0. The topological polar surface area (TPSA) is 101 Å². The molecule has 0 saturated carbocycles. The van der Waals surface area contributed by atoms with Crippen LogP contribution in [0.5, 0.6) is 0 Å². The molecule has 1 saturated heterocycles. The lowest BCUT2D eigenvalue weighted by Crippen LogP contribution is -2.28. The zero-order valence-corrected chi connectivity index (χ0v) is 11.6. The molecule has 2 rings (SSSR count). The Morgan fingerprint density at radius 1 is 1.45 bits per heavy atom. The molecule has 1 fully saturated rings. The molecule has 1 aromatic carbocycles. The number of hydrogen-bond acceptors (Lipinski definition) is 4. The largest absolute Gasteiger partial charge is 0.397 e. The number of nitrogens with zero attached hydrogens (tertiary/aromatic N) is 1. The molecule has 1 aromatic rings. The number of rotatable bonds is 4. The molecule has 6 nitrogen and oxygen atoms in total. The summed E-state index contributed by atoms with van der Waals surface area (Å²) in [5.74, 6) is -0.537. The third kappa shape index (κ3) is 2.84. The quantitative estimate of drug-likeness (QED) is 0.690. The van der Waals surface area contributed by atoms with Crippen molar-refractivity contribution in [3.63, 3.8) is 0 Å². The number of carbonyl (C=O) groups excluding carboxylic acids is 2. The molecular formula is C14H20N4O2. The predicted molar refractivity (Wildman–Crippen MR) is 78.4 cm³/mol. The molecule has 108 valence electrons. The summed E-state index contributed by atoms with van der Waals surface area (Å²) >= 11 is 0. The van der Waals surface area contributed by atoms with Gasteiger partial charge in [0.25, 0.3) is 5.91 Å².